The molecule has 5 nitrogen and oxygen atoms in total. The minimum Gasteiger partial charge on any atom is -0.379 e. The Hall–Kier alpha value is -1.43. The first-order valence-electron chi connectivity index (χ1n) is 7.48. The van der Waals surface area contributed by atoms with Gasteiger partial charge in [-0.05, 0) is 38.1 Å². The minimum atomic E-state index is -0.163. The van der Waals surface area contributed by atoms with E-state index < -0.39 is 0 Å². The van der Waals surface area contributed by atoms with E-state index >= 15 is 0 Å². The number of ether oxygens (including phenoxy) is 1. The van der Waals surface area contributed by atoms with Crippen LogP contribution in [0.2, 0.25) is 0 Å². The van der Waals surface area contributed by atoms with E-state index in [1.807, 2.05) is 0 Å². The summed E-state index contributed by atoms with van der Waals surface area (Å²) in [7, 11) is 0. The lowest BCUT2D eigenvalue weighted by atomic mass is 9.74. The lowest BCUT2D eigenvalue weighted by Crippen LogP contribution is -2.53. The largest absolute Gasteiger partial charge is 0.379 e. The fraction of sp³-hybridized carbons (Fsp3) is 0.500. The van der Waals surface area contributed by atoms with Gasteiger partial charge >= 0.3 is 0 Å². The molecule has 2 amide bonds. The molecule has 2 saturated heterocycles. The van der Waals surface area contributed by atoms with Crippen molar-refractivity contribution in [2.45, 2.75) is 18.9 Å². The highest BCUT2D eigenvalue weighted by Crippen LogP contribution is 2.42. The molecule has 2 fully saturated rings. The van der Waals surface area contributed by atoms with Crippen LogP contribution in [0.3, 0.4) is 0 Å². The Morgan fingerprint density at radius 1 is 1.09 bits per heavy atom. The van der Waals surface area contributed by atoms with Gasteiger partial charge in [-0.1, -0.05) is 12.1 Å². The van der Waals surface area contributed by atoms with Gasteiger partial charge in [0.15, 0.2) is 0 Å². The van der Waals surface area contributed by atoms with Crippen LogP contribution in [0.4, 0.5) is 0 Å². The summed E-state index contributed by atoms with van der Waals surface area (Å²) in [5, 5.41) is 3.34. The highest BCUT2D eigenvalue weighted by molar-refractivity contribution is 6.21. The van der Waals surface area contributed by atoms with Gasteiger partial charge in [-0.25, -0.2) is 0 Å². The van der Waals surface area contributed by atoms with Crippen molar-refractivity contribution in [3.8, 4) is 0 Å². The summed E-state index contributed by atoms with van der Waals surface area (Å²) in [5.41, 5.74) is 0.982. The Morgan fingerprint density at radius 2 is 1.68 bits per heavy atom. The van der Waals surface area contributed by atoms with E-state index in [0.29, 0.717) is 24.3 Å². The van der Waals surface area contributed by atoms with E-state index in [9.17, 15) is 9.59 Å². The number of amides is 2. The molecule has 1 spiro atoms. The first-order valence-corrected chi connectivity index (χ1v) is 7.48. The standard InChI is InChI=1S/C16H18N2O3.ClH/c19-14-11-3-1-2-4-12(11)15(20)18(14)13-9-21-10-16(13)5-7-17-8-6-16;/h1-4,13,17H,5-10H2;1H. The monoisotopic (exact) mass is 322 g/mol. The molecule has 22 heavy (non-hydrogen) atoms. The summed E-state index contributed by atoms with van der Waals surface area (Å²) < 4.78 is 5.68. The Bertz CT molecular complexity index is 578. The summed E-state index contributed by atoms with van der Waals surface area (Å²) in [6, 6.07) is 6.95. The summed E-state index contributed by atoms with van der Waals surface area (Å²) in [6.45, 7) is 2.95. The molecular formula is C16H19ClN2O3. The first-order chi connectivity index (χ1) is 10.2. The first kappa shape index (κ1) is 15.5. The van der Waals surface area contributed by atoms with E-state index in [2.05, 4.69) is 5.32 Å². The molecule has 0 saturated carbocycles. The van der Waals surface area contributed by atoms with Gasteiger partial charge < -0.3 is 10.1 Å². The molecule has 6 heteroatoms. The molecule has 118 valence electrons. The molecule has 0 aromatic heterocycles. The van der Waals surface area contributed by atoms with Crippen LogP contribution in [0.15, 0.2) is 24.3 Å². The van der Waals surface area contributed by atoms with E-state index in [1.54, 1.807) is 24.3 Å². The maximum absolute atomic E-state index is 12.7. The second-order valence-electron chi connectivity index (χ2n) is 6.17. The lowest BCUT2D eigenvalue weighted by Gasteiger charge is -2.40. The molecule has 3 aliphatic rings. The number of halogens is 1. The Balaban J connectivity index is 0.00000144. The Morgan fingerprint density at radius 3 is 2.27 bits per heavy atom. The van der Waals surface area contributed by atoms with Gasteiger partial charge in [-0.3, -0.25) is 14.5 Å². The molecule has 4 rings (SSSR count). The summed E-state index contributed by atoms with van der Waals surface area (Å²) in [5.74, 6) is -0.326. The van der Waals surface area contributed by atoms with Crippen LogP contribution in [0.25, 0.3) is 0 Å². The number of hydrogen-bond acceptors (Lipinski definition) is 4. The van der Waals surface area contributed by atoms with Crippen LogP contribution in [0.1, 0.15) is 33.6 Å². The number of nitrogens with one attached hydrogen (secondary N) is 1. The van der Waals surface area contributed by atoms with Crippen LogP contribution in [0.5, 0.6) is 0 Å². The molecule has 3 aliphatic heterocycles. The third-order valence-electron chi connectivity index (χ3n) is 5.11. The topological polar surface area (TPSA) is 58.6 Å². The van der Waals surface area contributed by atoms with Gasteiger partial charge in [0.05, 0.1) is 30.4 Å². The van der Waals surface area contributed by atoms with Gasteiger partial charge in [0.1, 0.15) is 0 Å². The molecule has 1 unspecified atom stereocenters. The van der Waals surface area contributed by atoms with Crippen molar-refractivity contribution in [2.24, 2.45) is 5.41 Å². The summed E-state index contributed by atoms with van der Waals surface area (Å²) >= 11 is 0. The highest BCUT2D eigenvalue weighted by atomic mass is 35.5. The van der Waals surface area contributed by atoms with E-state index in [-0.39, 0.29) is 35.7 Å². The molecule has 1 aromatic rings. The Kier molecular flexibility index (Phi) is 3.97. The SMILES string of the molecule is Cl.O=C1c2ccccc2C(=O)N1C1COCC12CCNCC2. The number of hydrogen-bond donors (Lipinski definition) is 1. The predicted octanol–water partition coefficient (Wildman–Crippen LogP) is 1.47. The zero-order valence-electron chi connectivity index (χ0n) is 12.2. The number of carbonyl (C=O) groups excluding carboxylic acids is 2. The fourth-order valence-electron chi connectivity index (χ4n) is 3.89. The van der Waals surface area contributed by atoms with Crippen LogP contribution < -0.4 is 5.32 Å². The van der Waals surface area contributed by atoms with Crippen molar-refractivity contribution < 1.29 is 14.3 Å². The number of rotatable bonds is 1. The molecular weight excluding hydrogens is 304 g/mol. The lowest BCUT2D eigenvalue weighted by molar-refractivity contribution is 0.0419. The van der Waals surface area contributed by atoms with Crippen LogP contribution in [0, 0.1) is 5.41 Å². The summed E-state index contributed by atoms with van der Waals surface area (Å²) in [4.78, 5) is 26.8. The van der Waals surface area contributed by atoms with Crippen molar-refractivity contribution in [3.63, 3.8) is 0 Å². The Labute approximate surface area is 135 Å². The number of imide groups is 1. The number of nitrogens with zero attached hydrogens (tertiary/aromatic N) is 1. The second kappa shape index (κ2) is 5.65. The number of piperidine rings is 1. The van der Waals surface area contributed by atoms with Crippen molar-refractivity contribution >= 4 is 24.2 Å². The molecule has 3 heterocycles. The zero-order chi connectivity index (χ0) is 14.4. The van der Waals surface area contributed by atoms with E-state index in [1.165, 1.54) is 4.90 Å². The molecule has 1 N–H and O–H groups in total. The van der Waals surface area contributed by atoms with Gasteiger partial charge in [-0.15, -0.1) is 12.4 Å². The molecule has 0 aliphatic carbocycles. The second-order valence-corrected chi connectivity index (χ2v) is 6.17. The third-order valence-corrected chi connectivity index (χ3v) is 5.11. The van der Waals surface area contributed by atoms with Crippen molar-refractivity contribution in [1.82, 2.24) is 10.2 Å². The van der Waals surface area contributed by atoms with Gasteiger partial charge in [-0.2, -0.15) is 0 Å². The predicted molar refractivity (Wildman–Crippen MR) is 83.3 cm³/mol. The highest BCUT2D eigenvalue weighted by Gasteiger charge is 2.52. The van der Waals surface area contributed by atoms with Crippen molar-refractivity contribution in [1.29, 1.82) is 0 Å². The maximum Gasteiger partial charge on any atom is 0.261 e. The molecule has 0 bridgehead atoms. The van der Waals surface area contributed by atoms with Gasteiger partial charge in [0.25, 0.3) is 11.8 Å². The van der Waals surface area contributed by atoms with Crippen molar-refractivity contribution in [2.75, 3.05) is 26.3 Å². The average Bonchev–Trinajstić information content (AvgIpc) is 3.01. The maximum atomic E-state index is 12.7. The van der Waals surface area contributed by atoms with Gasteiger partial charge in [0.2, 0.25) is 0 Å². The van der Waals surface area contributed by atoms with Crippen LogP contribution in [-0.2, 0) is 4.74 Å². The van der Waals surface area contributed by atoms with Crippen LogP contribution >= 0.6 is 12.4 Å². The quantitative estimate of drug-likeness (QED) is 0.796. The summed E-state index contributed by atoms with van der Waals surface area (Å²) in [6.07, 6.45) is 1.90. The number of benzene rings is 1. The smallest absolute Gasteiger partial charge is 0.261 e. The van der Waals surface area contributed by atoms with Crippen LogP contribution in [-0.4, -0.2) is 49.1 Å². The zero-order valence-corrected chi connectivity index (χ0v) is 13.0. The minimum absolute atomic E-state index is 0. The fourth-order valence-corrected chi connectivity index (χ4v) is 3.89. The number of carbonyl (C=O) groups is 2. The molecule has 0 radical (unpaired) electrons. The van der Waals surface area contributed by atoms with Gasteiger partial charge in [0, 0.05) is 5.41 Å². The number of fused-ring (bicyclic) bond motifs is 1. The average molecular weight is 323 g/mol. The third kappa shape index (κ3) is 2.07. The normalized spacial score (nSPS) is 26.2. The van der Waals surface area contributed by atoms with E-state index in [4.69, 9.17) is 4.74 Å². The molecule has 1 aromatic carbocycles. The van der Waals surface area contributed by atoms with E-state index in [0.717, 1.165) is 25.9 Å². The van der Waals surface area contributed by atoms with Crippen molar-refractivity contribution in [3.05, 3.63) is 35.4 Å². The molecule has 1 atom stereocenters.